The maximum absolute atomic E-state index is 8.65. The van der Waals surface area contributed by atoms with Crippen molar-refractivity contribution in [3.8, 4) is 17.6 Å². The summed E-state index contributed by atoms with van der Waals surface area (Å²) in [7, 11) is 3.11. The summed E-state index contributed by atoms with van der Waals surface area (Å²) >= 11 is 0. The van der Waals surface area contributed by atoms with Crippen LogP contribution in [0.1, 0.15) is 11.5 Å². The van der Waals surface area contributed by atoms with Crippen LogP contribution in [0, 0.1) is 11.3 Å². The van der Waals surface area contributed by atoms with Crippen molar-refractivity contribution < 1.29 is 9.47 Å². The standard InChI is InChI=1S/C11H11N5O2/c1-17-9-3-4-13-8(11(9)18-2)6-16-7-14-10(5-12)15-16/h3-4,7H,6H2,1-2H3. The van der Waals surface area contributed by atoms with Gasteiger partial charge in [-0.2, -0.15) is 5.26 Å². The van der Waals surface area contributed by atoms with E-state index in [0.29, 0.717) is 23.7 Å². The Morgan fingerprint density at radius 3 is 2.78 bits per heavy atom. The summed E-state index contributed by atoms with van der Waals surface area (Å²) in [6, 6.07) is 3.58. The molecule has 0 N–H and O–H groups in total. The Hall–Kier alpha value is -2.62. The summed E-state index contributed by atoms with van der Waals surface area (Å²) in [5, 5.41) is 12.6. The molecule has 0 bridgehead atoms. The maximum Gasteiger partial charge on any atom is 0.252 e. The highest BCUT2D eigenvalue weighted by molar-refractivity contribution is 5.42. The first kappa shape index (κ1) is 11.9. The quantitative estimate of drug-likeness (QED) is 0.784. The van der Waals surface area contributed by atoms with Gasteiger partial charge < -0.3 is 9.47 Å². The van der Waals surface area contributed by atoms with Gasteiger partial charge >= 0.3 is 0 Å². The van der Waals surface area contributed by atoms with Crippen LogP contribution in [0.5, 0.6) is 11.5 Å². The van der Waals surface area contributed by atoms with Crippen molar-refractivity contribution in [2.75, 3.05) is 14.2 Å². The zero-order valence-corrected chi connectivity index (χ0v) is 9.99. The lowest BCUT2D eigenvalue weighted by Gasteiger charge is -2.11. The fourth-order valence-electron chi connectivity index (χ4n) is 1.54. The Morgan fingerprint density at radius 2 is 2.17 bits per heavy atom. The fraction of sp³-hybridized carbons (Fsp3) is 0.273. The first-order chi connectivity index (χ1) is 8.78. The van der Waals surface area contributed by atoms with Gasteiger partial charge in [0.25, 0.3) is 5.82 Å². The van der Waals surface area contributed by atoms with Crippen molar-refractivity contribution in [2.45, 2.75) is 6.54 Å². The molecule has 0 atom stereocenters. The Labute approximate surface area is 104 Å². The van der Waals surface area contributed by atoms with Crippen LogP contribution < -0.4 is 9.47 Å². The molecule has 0 saturated carbocycles. The number of pyridine rings is 1. The zero-order valence-electron chi connectivity index (χ0n) is 9.99. The first-order valence-electron chi connectivity index (χ1n) is 5.14. The van der Waals surface area contributed by atoms with Crippen LogP contribution in [0.3, 0.4) is 0 Å². The Balaban J connectivity index is 2.31. The van der Waals surface area contributed by atoms with Crippen LogP contribution in [0.4, 0.5) is 0 Å². The third-order valence-electron chi connectivity index (χ3n) is 2.31. The Kier molecular flexibility index (Phi) is 3.38. The van der Waals surface area contributed by atoms with E-state index < -0.39 is 0 Å². The normalized spacial score (nSPS) is 9.83. The number of nitriles is 1. The van der Waals surface area contributed by atoms with Gasteiger partial charge in [0.1, 0.15) is 18.1 Å². The minimum Gasteiger partial charge on any atom is -0.493 e. The molecule has 0 saturated heterocycles. The van der Waals surface area contributed by atoms with Crippen LogP contribution in [0.2, 0.25) is 0 Å². The van der Waals surface area contributed by atoms with Gasteiger partial charge in [0.2, 0.25) is 0 Å². The van der Waals surface area contributed by atoms with Crippen LogP contribution in [0.25, 0.3) is 0 Å². The Bertz CT molecular complexity index is 587. The van der Waals surface area contributed by atoms with Crippen LogP contribution >= 0.6 is 0 Å². The minimum atomic E-state index is 0.122. The van der Waals surface area contributed by atoms with Crippen LogP contribution in [-0.2, 0) is 6.54 Å². The topological polar surface area (TPSA) is 85.9 Å². The molecule has 0 aliphatic heterocycles. The lowest BCUT2D eigenvalue weighted by atomic mass is 10.3. The van der Waals surface area contributed by atoms with E-state index in [2.05, 4.69) is 15.1 Å². The van der Waals surface area contributed by atoms with E-state index in [1.165, 1.54) is 11.0 Å². The van der Waals surface area contributed by atoms with Gasteiger partial charge in [-0.25, -0.2) is 9.67 Å². The van der Waals surface area contributed by atoms with Crippen molar-refractivity contribution in [1.82, 2.24) is 19.7 Å². The molecule has 2 rings (SSSR count). The molecule has 0 aromatic carbocycles. The lowest BCUT2D eigenvalue weighted by Crippen LogP contribution is -2.06. The fourth-order valence-corrected chi connectivity index (χ4v) is 1.54. The highest BCUT2D eigenvalue weighted by atomic mass is 16.5. The van der Waals surface area contributed by atoms with E-state index in [1.54, 1.807) is 26.5 Å². The predicted molar refractivity (Wildman–Crippen MR) is 61.2 cm³/mol. The van der Waals surface area contributed by atoms with Crippen molar-refractivity contribution in [2.24, 2.45) is 0 Å². The average molecular weight is 245 g/mol. The van der Waals surface area contributed by atoms with E-state index in [1.807, 2.05) is 6.07 Å². The molecule has 2 aromatic heterocycles. The van der Waals surface area contributed by atoms with E-state index in [4.69, 9.17) is 14.7 Å². The number of hydrogen-bond acceptors (Lipinski definition) is 6. The zero-order chi connectivity index (χ0) is 13.0. The van der Waals surface area contributed by atoms with Gasteiger partial charge in [-0.05, 0) is 0 Å². The third kappa shape index (κ3) is 2.22. The van der Waals surface area contributed by atoms with Gasteiger partial charge in [0.05, 0.1) is 20.8 Å². The predicted octanol–water partition coefficient (Wildman–Crippen LogP) is 0.610. The molecule has 2 heterocycles. The van der Waals surface area contributed by atoms with Gasteiger partial charge in [0, 0.05) is 12.3 Å². The summed E-state index contributed by atoms with van der Waals surface area (Å²) in [5.74, 6) is 1.27. The van der Waals surface area contributed by atoms with E-state index in [0.717, 1.165) is 0 Å². The molecule has 18 heavy (non-hydrogen) atoms. The molecular weight excluding hydrogens is 234 g/mol. The Morgan fingerprint density at radius 1 is 1.33 bits per heavy atom. The van der Waals surface area contributed by atoms with Crippen molar-refractivity contribution in [3.05, 3.63) is 30.1 Å². The molecular formula is C11H11N5O2. The molecule has 7 heteroatoms. The molecule has 0 spiro atoms. The molecule has 0 aliphatic rings. The second-order valence-electron chi connectivity index (χ2n) is 3.37. The number of nitrogens with zero attached hydrogens (tertiary/aromatic N) is 5. The summed E-state index contributed by atoms with van der Waals surface area (Å²) in [5.41, 5.74) is 0.659. The number of ether oxygens (including phenoxy) is 2. The van der Waals surface area contributed by atoms with Gasteiger partial charge in [-0.3, -0.25) is 4.98 Å². The van der Waals surface area contributed by atoms with Crippen molar-refractivity contribution >= 4 is 0 Å². The SMILES string of the molecule is COc1ccnc(Cn2cnc(C#N)n2)c1OC. The molecule has 7 nitrogen and oxygen atoms in total. The number of hydrogen-bond donors (Lipinski definition) is 0. The molecule has 92 valence electrons. The van der Waals surface area contributed by atoms with E-state index in [9.17, 15) is 0 Å². The molecule has 0 aliphatic carbocycles. The highest BCUT2D eigenvalue weighted by Crippen LogP contribution is 2.29. The van der Waals surface area contributed by atoms with E-state index in [-0.39, 0.29) is 5.82 Å². The summed E-state index contributed by atoms with van der Waals surface area (Å²) in [6.07, 6.45) is 3.10. The van der Waals surface area contributed by atoms with Crippen molar-refractivity contribution in [1.29, 1.82) is 5.26 Å². The lowest BCUT2D eigenvalue weighted by molar-refractivity contribution is 0.348. The smallest absolute Gasteiger partial charge is 0.252 e. The molecule has 0 fully saturated rings. The monoisotopic (exact) mass is 245 g/mol. The second kappa shape index (κ2) is 5.14. The highest BCUT2D eigenvalue weighted by Gasteiger charge is 2.12. The average Bonchev–Trinajstić information content (AvgIpc) is 2.86. The minimum absolute atomic E-state index is 0.122. The largest absolute Gasteiger partial charge is 0.493 e. The van der Waals surface area contributed by atoms with Gasteiger partial charge in [-0.15, -0.1) is 5.10 Å². The summed E-state index contributed by atoms with van der Waals surface area (Å²) < 4.78 is 12.0. The second-order valence-corrected chi connectivity index (χ2v) is 3.37. The summed E-state index contributed by atoms with van der Waals surface area (Å²) in [6.45, 7) is 0.356. The number of methoxy groups -OCH3 is 2. The van der Waals surface area contributed by atoms with Crippen molar-refractivity contribution in [3.63, 3.8) is 0 Å². The molecule has 0 unspecified atom stereocenters. The van der Waals surface area contributed by atoms with Crippen LogP contribution in [0.15, 0.2) is 18.6 Å². The number of aromatic nitrogens is 4. The number of rotatable bonds is 4. The molecule has 0 amide bonds. The van der Waals surface area contributed by atoms with E-state index >= 15 is 0 Å². The third-order valence-corrected chi connectivity index (χ3v) is 2.31. The molecule has 2 aromatic rings. The van der Waals surface area contributed by atoms with Gasteiger partial charge in [-0.1, -0.05) is 0 Å². The van der Waals surface area contributed by atoms with Crippen LogP contribution in [-0.4, -0.2) is 34.0 Å². The van der Waals surface area contributed by atoms with Gasteiger partial charge in [0.15, 0.2) is 11.5 Å². The maximum atomic E-state index is 8.65. The molecule has 0 radical (unpaired) electrons. The summed E-state index contributed by atoms with van der Waals surface area (Å²) in [4.78, 5) is 8.03. The first-order valence-corrected chi connectivity index (χ1v) is 5.14.